The molecule has 0 atom stereocenters. The summed E-state index contributed by atoms with van der Waals surface area (Å²) >= 11 is 1.79. The molecule has 1 saturated heterocycles. The number of H-pyrrole nitrogens is 1. The summed E-state index contributed by atoms with van der Waals surface area (Å²) in [7, 11) is -3.60. The Morgan fingerprint density at radius 1 is 1.13 bits per heavy atom. The summed E-state index contributed by atoms with van der Waals surface area (Å²) < 4.78 is 28.2. The average Bonchev–Trinajstić information content (AvgIpc) is 3.47. The number of rotatable bonds is 3. The van der Waals surface area contributed by atoms with Crippen molar-refractivity contribution in [2.24, 2.45) is 0 Å². The normalized spacial score (nSPS) is 17.6. The van der Waals surface area contributed by atoms with Gasteiger partial charge in [-0.1, -0.05) is 0 Å². The van der Waals surface area contributed by atoms with Crippen molar-refractivity contribution in [1.29, 1.82) is 0 Å². The van der Waals surface area contributed by atoms with Gasteiger partial charge in [0.1, 0.15) is 27.0 Å². The fourth-order valence-corrected chi connectivity index (χ4v) is 7.61. The highest BCUT2D eigenvalue weighted by Gasteiger charge is 2.32. The number of pyridine rings is 1. The first-order valence-electron chi connectivity index (χ1n) is 10.5. The fraction of sp³-hybridized carbons (Fsp3) is 0.381. The van der Waals surface area contributed by atoms with Gasteiger partial charge in [-0.2, -0.15) is 4.31 Å². The molecule has 0 radical (unpaired) electrons. The van der Waals surface area contributed by atoms with Crippen LogP contribution in [0.2, 0.25) is 0 Å². The number of aromatic amines is 1. The zero-order chi connectivity index (χ0) is 21.2. The van der Waals surface area contributed by atoms with Gasteiger partial charge in [-0.25, -0.2) is 23.4 Å². The van der Waals surface area contributed by atoms with Crippen LogP contribution < -0.4 is 4.90 Å². The largest absolute Gasteiger partial charge is 0.353 e. The summed E-state index contributed by atoms with van der Waals surface area (Å²) in [4.78, 5) is 21.7. The number of hydrogen-bond donors (Lipinski definition) is 1. The van der Waals surface area contributed by atoms with Gasteiger partial charge in [0, 0.05) is 48.8 Å². The van der Waals surface area contributed by atoms with Crippen LogP contribution in [0.25, 0.3) is 21.3 Å². The van der Waals surface area contributed by atoms with Crippen LogP contribution in [0.5, 0.6) is 0 Å². The maximum absolute atomic E-state index is 13.3. The van der Waals surface area contributed by atoms with Crippen LogP contribution in [0.3, 0.4) is 0 Å². The number of nitrogens with zero attached hydrogens (tertiary/aromatic N) is 5. The maximum Gasteiger partial charge on any atom is 0.245 e. The minimum absolute atomic E-state index is 0.292. The number of aryl methyl sites for hydroxylation is 3. The summed E-state index contributed by atoms with van der Waals surface area (Å²) in [6.07, 6.45) is 6.60. The quantitative estimate of drug-likeness (QED) is 0.512. The Morgan fingerprint density at radius 2 is 1.97 bits per heavy atom. The van der Waals surface area contributed by atoms with Gasteiger partial charge in [0.15, 0.2) is 0 Å². The van der Waals surface area contributed by atoms with E-state index in [9.17, 15) is 8.42 Å². The van der Waals surface area contributed by atoms with E-state index in [1.807, 2.05) is 6.92 Å². The number of piperazine rings is 1. The fourth-order valence-electron chi connectivity index (χ4n) is 4.73. The number of anilines is 1. The molecule has 8 nitrogen and oxygen atoms in total. The van der Waals surface area contributed by atoms with Crippen LogP contribution in [-0.2, 0) is 22.9 Å². The van der Waals surface area contributed by atoms with Gasteiger partial charge < -0.3 is 9.88 Å². The molecule has 0 saturated carbocycles. The monoisotopic (exact) mass is 454 g/mol. The molecule has 5 heterocycles. The van der Waals surface area contributed by atoms with Gasteiger partial charge in [0.25, 0.3) is 0 Å². The SMILES string of the molecule is Cc1nc(N2CCN(S(=O)(=O)c3c[nH]c4ncccc34)CC2)c2c3c(sc2n1)CCC3. The van der Waals surface area contributed by atoms with E-state index in [1.54, 1.807) is 40.2 Å². The van der Waals surface area contributed by atoms with Crippen molar-refractivity contribution in [3.05, 3.63) is 40.8 Å². The number of nitrogens with one attached hydrogen (secondary N) is 1. The van der Waals surface area contributed by atoms with Crippen LogP contribution in [0.4, 0.5) is 5.82 Å². The first-order valence-corrected chi connectivity index (χ1v) is 12.7. The second-order valence-corrected chi connectivity index (χ2v) is 11.1. The lowest BCUT2D eigenvalue weighted by Crippen LogP contribution is -2.49. The molecule has 1 fully saturated rings. The topological polar surface area (TPSA) is 95.1 Å². The Bertz CT molecular complexity index is 1420. The van der Waals surface area contributed by atoms with Crippen molar-refractivity contribution in [1.82, 2.24) is 24.2 Å². The molecule has 1 N–H and O–H groups in total. The van der Waals surface area contributed by atoms with Crippen LogP contribution in [0.15, 0.2) is 29.4 Å². The third-order valence-electron chi connectivity index (χ3n) is 6.23. The highest BCUT2D eigenvalue weighted by molar-refractivity contribution is 7.89. The van der Waals surface area contributed by atoms with E-state index in [0.717, 1.165) is 29.3 Å². The Morgan fingerprint density at radius 3 is 2.81 bits per heavy atom. The Balaban J connectivity index is 1.30. The molecule has 0 bridgehead atoms. The molecule has 31 heavy (non-hydrogen) atoms. The molecule has 4 aromatic heterocycles. The predicted molar refractivity (Wildman–Crippen MR) is 121 cm³/mol. The van der Waals surface area contributed by atoms with E-state index < -0.39 is 10.0 Å². The summed E-state index contributed by atoms with van der Waals surface area (Å²) in [6, 6.07) is 3.55. The third kappa shape index (κ3) is 2.96. The van der Waals surface area contributed by atoms with Crippen molar-refractivity contribution in [3.8, 4) is 0 Å². The van der Waals surface area contributed by atoms with E-state index in [2.05, 4.69) is 19.9 Å². The second kappa shape index (κ2) is 6.98. The number of sulfonamides is 1. The lowest BCUT2D eigenvalue weighted by molar-refractivity contribution is 0.384. The number of aromatic nitrogens is 4. The molecule has 2 aliphatic rings. The van der Waals surface area contributed by atoms with E-state index in [0.29, 0.717) is 42.1 Å². The van der Waals surface area contributed by atoms with Gasteiger partial charge >= 0.3 is 0 Å². The van der Waals surface area contributed by atoms with E-state index in [4.69, 9.17) is 4.98 Å². The van der Waals surface area contributed by atoms with Crippen LogP contribution in [0, 0.1) is 6.92 Å². The van der Waals surface area contributed by atoms with Gasteiger partial charge in [-0.05, 0) is 43.9 Å². The van der Waals surface area contributed by atoms with Gasteiger partial charge in [0.2, 0.25) is 10.0 Å². The van der Waals surface area contributed by atoms with Crippen molar-refractivity contribution in [3.63, 3.8) is 0 Å². The molecule has 1 aliphatic carbocycles. The number of fused-ring (bicyclic) bond motifs is 4. The summed E-state index contributed by atoms with van der Waals surface area (Å²) in [5.41, 5.74) is 1.99. The third-order valence-corrected chi connectivity index (χ3v) is 9.35. The number of hydrogen-bond acceptors (Lipinski definition) is 7. The van der Waals surface area contributed by atoms with E-state index >= 15 is 0 Å². The van der Waals surface area contributed by atoms with E-state index in [1.165, 1.54) is 22.2 Å². The standard InChI is InChI=1S/C21H22N6O2S2/c1-13-24-20(18-14-4-2-6-16(14)30-21(18)25-13)26-8-10-27(11-9-26)31(28,29)17-12-23-19-15(17)5-3-7-22-19/h3,5,7,12H,2,4,6,8-11H2,1H3,(H,22,23). The van der Waals surface area contributed by atoms with Crippen molar-refractivity contribution < 1.29 is 8.42 Å². The lowest BCUT2D eigenvalue weighted by Gasteiger charge is -2.35. The molecule has 160 valence electrons. The van der Waals surface area contributed by atoms with Crippen molar-refractivity contribution in [2.45, 2.75) is 31.1 Å². The molecule has 0 aromatic carbocycles. The Hall–Kier alpha value is -2.56. The zero-order valence-electron chi connectivity index (χ0n) is 17.1. The van der Waals surface area contributed by atoms with Crippen LogP contribution in [0.1, 0.15) is 22.7 Å². The smallest absolute Gasteiger partial charge is 0.245 e. The van der Waals surface area contributed by atoms with Crippen molar-refractivity contribution >= 4 is 48.4 Å². The summed E-state index contributed by atoms with van der Waals surface area (Å²) in [6.45, 7) is 3.99. The minimum atomic E-state index is -3.60. The summed E-state index contributed by atoms with van der Waals surface area (Å²) in [5.74, 6) is 1.74. The molecular weight excluding hydrogens is 432 g/mol. The molecule has 0 spiro atoms. The maximum atomic E-state index is 13.3. The number of thiophene rings is 1. The lowest BCUT2D eigenvalue weighted by atomic mass is 10.1. The molecule has 6 rings (SSSR count). The Kier molecular flexibility index (Phi) is 4.31. The molecule has 0 unspecified atom stereocenters. The van der Waals surface area contributed by atoms with Crippen LogP contribution in [-0.4, -0.2) is 58.8 Å². The second-order valence-electron chi connectivity index (χ2n) is 8.08. The van der Waals surface area contributed by atoms with Crippen LogP contribution >= 0.6 is 11.3 Å². The molecule has 10 heteroatoms. The molecule has 1 aliphatic heterocycles. The minimum Gasteiger partial charge on any atom is -0.353 e. The van der Waals surface area contributed by atoms with Crippen molar-refractivity contribution in [2.75, 3.05) is 31.1 Å². The summed E-state index contributed by atoms with van der Waals surface area (Å²) in [5, 5.41) is 1.81. The Labute approximate surface area is 184 Å². The zero-order valence-corrected chi connectivity index (χ0v) is 18.8. The average molecular weight is 455 g/mol. The molecular formula is C21H22N6O2S2. The molecule has 0 amide bonds. The molecule has 4 aromatic rings. The first-order chi connectivity index (χ1) is 15.0. The van der Waals surface area contributed by atoms with E-state index in [-0.39, 0.29) is 0 Å². The van der Waals surface area contributed by atoms with Gasteiger partial charge in [-0.3, -0.25) is 0 Å². The van der Waals surface area contributed by atoms with Gasteiger partial charge in [-0.15, -0.1) is 11.3 Å². The highest BCUT2D eigenvalue weighted by Crippen LogP contribution is 2.41. The van der Waals surface area contributed by atoms with Gasteiger partial charge in [0.05, 0.1) is 5.39 Å². The predicted octanol–water partition coefficient (Wildman–Crippen LogP) is 2.88. The highest BCUT2D eigenvalue weighted by atomic mass is 32.2. The first kappa shape index (κ1) is 19.1.